The third kappa shape index (κ3) is 6.31. The molecule has 0 aromatic carbocycles. The lowest BCUT2D eigenvalue weighted by Crippen LogP contribution is -2.28. The highest BCUT2D eigenvalue weighted by Gasteiger charge is 2.04. The normalized spacial score (nSPS) is 11.2. The van der Waals surface area contributed by atoms with E-state index in [2.05, 4.69) is 47.5 Å². The molecule has 0 saturated carbocycles. The molecular formula is C14H25N5. The molecule has 106 valence electrons. The van der Waals surface area contributed by atoms with E-state index in [9.17, 15) is 0 Å². The van der Waals surface area contributed by atoms with Gasteiger partial charge in [0.25, 0.3) is 0 Å². The van der Waals surface area contributed by atoms with Crippen LogP contribution in [0.4, 0.5) is 0 Å². The predicted octanol–water partition coefficient (Wildman–Crippen LogP) is 1.45. The summed E-state index contributed by atoms with van der Waals surface area (Å²) in [6, 6.07) is 0.459. The Labute approximate surface area is 116 Å². The smallest absolute Gasteiger partial charge is 0.0964 e. The van der Waals surface area contributed by atoms with Gasteiger partial charge in [0.1, 0.15) is 0 Å². The van der Waals surface area contributed by atoms with Gasteiger partial charge in [-0.3, -0.25) is 9.58 Å². The van der Waals surface area contributed by atoms with Gasteiger partial charge in [0.15, 0.2) is 0 Å². The average Bonchev–Trinajstić information content (AvgIpc) is 2.82. The Morgan fingerprint density at radius 3 is 2.63 bits per heavy atom. The molecule has 0 aliphatic rings. The molecule has 0 unspecified atom stereocenters. The Hall–Kier alpha value is -1.46. The van der Waals surface area contributed by atoms with Crippen LogP contribution in [0.25, 0.3) is 0 Å². The zero-order chi connectivity index (χ0) is 14.1. The summed E-state index contributed by atoms with van der Waals surface area (Å²) < 4.78 is 1.89. The minimum atomic E-state index is 0.459. The highest BCUT2D eigenvalue weighted by atomic mass is 15.4. The Morgan fingerprint density at radius 2 is 2.05 bits per heavy atom. The number of rotatable bonds is 10. The first-order valence-electron chi connectivity index (χ1n) is 6.72. The molecule has 0 amide bonds. The fourth-order valence-electron chi connectivity index (χ4n) is 1.70. The van der Waals surface area contributed by atoms with Crippen LogP contribution in [0, 0.1) is 0 Å². The van der Waals surface area contributed by atoms with E-state index in [1.54, 1.807) is 0 Å². The Kier molecular flexibility index (Phi) is 7.07. The van der Waals surface area contributed by atoms with Crippen molar-refractivity contribution in [3.8, 4) is 0 Å². The molecule has 0 atom stereocenters. The largest absolute Gasteiger partial charge is 0.309 e. The van der Waals surface area contributed by atoms with E-state index < -0.39 is 0 Å². The van der Waals surface area contributed by atoms with Gasteiger partial charge in [-0.1, -0.05) is 31.2 Å². The molecule has 0 radical (unpaired) electrons. The van der Waals surface area contributed by atoms with Gasteiger partial charge in [-0.2, -0.15) is 0 Å². The lowest BCUT2D eigenvalue weighted by atomic mass is 10.3. The molecule has 0 aliphatic carbocycles. The van der Waals surface area contributed by atoms with Crippen LogP contribution in [0.2, 0.25) is 0 Å². The maximum absolute atomic E-state index is 4.15. The fourth-order valence-corrected chi connectivity index (χ4v) is 1.70. The second-order valence-corrected chi connectivity index (χ2v) is 4.85. The maximum atomic E-state index is 4.15. The number of nitrogens with one attached hydrogen (secondary N) is 1. The van der Waals surface area contributed by atoms with Crippen LogP contribution in [0.1, 0.15) is 19.5 Å². The van der Waals surface area contributed by atoms with E-state index in [0.29, 0.717) is 6.04 Å². The Morgan fingerprint density at radius 1 is 1.37 bits per heavy atom. The highest BCUT2D eigenvalue weighted by Crippen LogP contribution is 1.96. The number of aromatic nitrogens is 3. The third-order valence-electron chi connectivity index (χ3n) is 2.70. The van der Waals surface area contributed by atoms with E-state index in [0.717, 1.165) is 38.4 Å². The molecule has 0 spiro atoms. The summed E-state index contributed by atoms with van der Waals surface area (Å²) in [4.78, 5) is 2.26. The Balaban J connectivity index is 2.39. The molecule has 1 rings (SSSR count). The fraction of sp³-hybridized carbons (Fsp3) is 0.571. The zero-order valence-corrected chi connectivity index (χ0v) is 12.0. The van der Waals surface area contributed by atoms with Gasteiger partial charge in [0, 0.05) is 38.4 Å². The summed E-state index contributed by atoms with van der Waals surface area (Å²) >= 11 is 0. The van der Waals surface area contributed by atoms with Crippen LogP contribution in [0.5, 0.6) is 0 Å². The second kappa shape index (κ2) is 8.61. The molecule has 1 aromatic rings. The van der Waals surface area contributed by atoms with E-state index in [1.165, 1.54) is 0 Å². The molecule has 0 saturated heterocycles. The molecule has 1 heterocycles. The third-order valence-corrected chi connectivity index (χ3v) is 2.70. The molecule has 1 aromatic heterocycles. The van der Waals surface area contributed by atoms with Gasteiger partial charge >= 0.3 is 0 Å². The molecule has 0 fully saturated rings. The topological polar surface area (TPSA) is 46.0 Å². The molecule has 0 bridgehead atoms. The van der Waals surface area contributed by atoms with E-state index in [-0.39, 0.29) is 0 Å². The first kappa shape index (κ1) is 15.6. The minimum absolute atomic E-state index is 0.459. The van der Waals surface area contributed by atoms with Crippen molar-refractivity contribution in [2.45, 2.75) is 33.0 Å². The van der Waals surface area contributed by atoms with Gasteiger partial charge in [-0.25, -0.2) is 0 Å². The van der Waals surface area contributed by atoms with Gasteiger partial charge < -0.3 is 5.32 Å². The number of hydrogen-bond acceptors (Lipinski definition) is 4. The van der Waals surface area contributed by atoms with E-state index in [1.807, 2.05) is 23.0 Å². The van der Waals surface area contributed by atoms with E-state index >= 15 is 0 Å². The lowest BCUT2D eigenvalue weighted by Gasteiger charge is -2.17. The summed E-state index contributed by atoms with van der Waals surface area (Å²) in [5, 5.41) is 11.6. The van der Waals surface area contributed by atoms with Gasteiger partial charge in [-0.05, 0) is 0 Å². The first-order valence-corrected chi connectivity index (χ1v) is 6.72. The van der Waals surface area contributed by atoms with Crippen LogP contribution in [0.15, 0.2) is 31.5 Å². The van der Waals surface area contributed by atoms with Crippen molar-refractivity contribution in [2.24, 2.45) is 0 Å². The minimum Gasteiger partial charge on any atom is -0.309 e. The molecular weight excluding hydrogens is 238 g/mol. The summed E-state index contributed by atoms with van der Waals surface area (Å²) in [5.74, 6) is 0. The van der Waals surface area contributed by atoms with Crippen LogP contribution in [-0.2, 0) is 13.1 Å². The molecule has 19 heavy (non-hydrogen) atoms. The van der Waals surface area contributed by atoms with Crippen LogP contribution in [0.3, 0.4) is 0 Å². The Bertz CT molecular complexity index is 373. The van der Waals surface area contributed by atoms with Crippen molar-refractivity contribution in [2.75, 3.05) is 19.6 Å². The van der Waals surface area contributed by atoms with Crippen molar-refractivity contribution in [1.82, 2.24) is 25.2 Å². The maximum Gasteiger partial charge on any atom is 0.0964 e. The van der Waals surface area contributed by atoms with Crippen molar-refractivity contribution < 1.29 is 0 Å². The van der Waals surface area contributed by atoms with Crippen molar-refractivity contribution in [3.63, 3.8) is 0 Å². The summed E-state index contributed by atoms with van der Waals surface area (Å²) in [5.41, 5.74) is 0.979. The predicted molar refractivity (Wildman–Crippen MR) is 78.8 cm³/mol. The average molecular weight is 263 g/mol. The number of nitrogens with zero attached hydrogens (tertiary/aromatic N) is 4. The SMILES string of the molecule is C=CCN(CC=C)CCn1cc(CNC(C)C)nn1. The molecule has 5 nitrogen and oxygen atoms in total. The summed E-state index contributed by atoms with van der Waals surface area (Å²) in [6.07, 6.45) is 5.81. The number of hydrogen-bond donors (Lipinski definition) is 1. The standard InChI is InChI=1S/C14H25N5/c1-5-7-18(8-6-2)9-10-19-12-14(16-17-19)11-15-13(3)4/h5-6,12-13,15H,1-2,7-11H2,3-4H3. The van der Waals surface area contributed by atoms with E-state index in [4.69, 9.17) is 0 Å². The second-order valence-electron chi connectivity index (χ2n) is 4.85. The van der Waals surface area contributed by atoms with Crippen molar-refractivity contribution in [1.29, 1.82) is 0 Å². The van der Waals surface area contributed by atoms with Gasteiger partial charge in [-0.15, -0.1) is 18.3 Å². The zero-order valence-electron chi connectivity index (χ0n) is 12.0. The lowest BCUT2D eigenvalue weighted by molar-refractivity contribution is 0.311. The molecule has 1 N–H and O–H groups in total. The van der Waals surface area contributed by atoms with Crippen LogP contribution >= 0.6 is 0 Å². The molecule has 0 aliphatic heterocycles. The monoisotopic (exact) mass is 263 g/mol. The summed E-state index contributed by atoms with van der Waals surface area (Å²) in [6.45, 7) is 16.0. The quantitative estimate of drug-likeness (QED) is 0.649. The first-order chi connectivity index (χ1) is 9.15. The van der Waals surface area contributed by atoms with Gasteiger partial charge in [0.2, 0.25) is 0 Å². The van der Waals surface area contributed by atoms with Gasteiger partial charge in [0.05, 0.1) is 12.2 Å². The highest BCUT2D eigenvalue weighted by molar-refractivity contribution is 4.92. The van der Waals surface area contributed by atoms with Crippen LogP contribution in [-0.4, -0.2) is 45.6 Å². The van der Waals surface area contributed by atoms with Crippen molar-refractivity contribution in [3.05, 3.63) is 37.2 Å². The van der Waals surface area contributed by atoms with Crippen LogP contribution < -0.4 is 5.32 Å². The molecule has 5 heteroatoms. The van der Waals surface area contributed by atoms with Crippen molar-refractivity contribution >= 4 is 0 Å². The summed E-state index contributed by atoms with van der Waals surface area (Å²) in [7, 11) is 0.